The summed E-state index contributed by atoms with van der Waals surface area (Å²) in [5.74, 6) is 1.70. The van der Waals surface area contributed by atoms with Crippen molar-refractivity contribution in [3.63, 3.8) is 0 Å². The van der Waals surface area contributed by atoms with Crippen LogP contribution < -0.4 is 9.91 Å². The van der Waals surface area contributed by atoms with E-state index in [0.29, 0.717) is 0 Å². The number of benzene rings is 1. The highest BCUT2D eigenvalue weighted by Crippen LogP contribution is 2.20. The van der Waals surface area contributed by atoms with Crippen molar-refractivity contribution in [2.75, 3.05) is 30.0 Å². The Morgan fingerprint density at radius 2 is 1.78 bits per heavy atom. The maximum Gasteiger partial charge on any atom is 0.227 e. The van der Waals surface area contributed by atoms with Crippen LogP contribution >= 0.6 is 0 Å². The van der Waals surface area contributed by atoms with Crippen LogP contribution in [0.25, 0.3) is 0 Å². The van der Waals surface area contributed by atoms with Crippen LogP contribution in [0.5, 0.6) is 0 Å². The minimum absolute atomic E-state index is 0.841. The monoisotopic (exact) mass is 367 g/mol. The van der Waals surface area contributed by atoms with Gasteiger partial charge in [0.05, 0.1) is 0 Å². The van der Waals surface area contributed by atoms with E-state index in [4.69, 9.17) is 0 Å². The van der Waals surface area contributed by atoms with Crippen molar-refractivity contribution in [1.82, 2.24) is 9.97 Å². The Kier molecular flexibility index (Phi) is 8.75. The van der Waals surface area contributed by atoms with Gasteiger partial charge in [-0.05, 0) is 44.6 Å². The molecule has 0 spiro atoms. The standard InChI is InChI=1S/C14H23N5.C8H10/c1-4-8-15-18(3)13-11-12(2)16-14(17-13)19-9-6-5-7-10-19;1-2-8-6-4-3-5-7-8/h8,11H,4-7,9-10H2,1-3H3;3-7H,2H2,1H3/b15-8-;. The lowest BCUT2D eigenvalue weighted by Gasteiger charge is -2.27. The fraction of sp³-hybridized carbons (Fsp3) is 0.500. The summed E-state index contributed by atoms with van der Waals surface area (Å²) in [6, 6.07) is 12.4. The normalized spacial score (nSPS) is 14.0. The Balaban J connectivity index is 0.000000273. The molecule has 27 heavy (non-hydrogen) atoms. The van der Waals surface area contributed by atoms with E-state index in [0.717, 1.165) is 43.4 Å². The molecular formula is C22H33N5. The van der Waals surface area contributed by atoms with Gasteiger partial charge in [-0.3, -0.25) is 5.01 Å². The van der Waals surface area contributed by atoms with Crippen molar-refractivity contribution in [3.8, 4) is 0 Å². The number of nitrogens with zero attached hydrogens (tertiary/aromatic N) is 5. The average molecular weight is 368 g/mol. The van der Waals surface area contributed by atoms with E-state index in [1.807, 2.05) is 37.3 Å². The molecule has 0 N–H and O–H groups in total. The van der Waals surface area contributed by atoms with Crippen LogP contribution in [0.4, 0.5) is 11.8 Å². The van der Waals surface area contributed by atoms with Crippen LogP contribution in [0.2, 0.25) is 0 Å². The Labute approximate surface area is 164 Å². The molecule has 5 heteroatoms. The van der Waals surface area contributed by atoms with Crippen molar-refractivity contribution < 1.29 is 0 Å². The molecule has 3 rings (SSSR count). The lowest BCUT2D eigenvalue weighted by Crippen LogP contribution is -2.31. The third kappa shape index (κ3) is 7.00. The predicted octanol–water partition coefficient (Wildman–Crippen LogP) is 4.86. The topological polar surface area (TPSA) is 44.6 Å². The molecular weight excluding hydrogens is 334 g/mol. The quantitative estimate of drug-likeness (QED) is 0.559. The fourth-order valence-electron chi connectivity index (χ4n) is 2.91. The molecule has 1 aliphatic rings. The number of aryl methyl sites for hydroxylation is 2. The number of rotatable bonds is 5. The van der Waals surface area contributed by atoms with Crippen LogP contribution in [0.1, 0.15) is 50.8 Å². The maximum absolute atomic E-state index is 4.64. The molecule has 1 saturated heterocycles. The summed E-state index contributed by atoms with van der Waals surface area (Å²) in [4.78, 5) is 11.5. The molecule has 0 bridgehead atoms. The first-order chi connectivity index (χ1) is 13.1. The second kappa shape index (κ2) is 11.3. The van der Waals surface area contributed by atoms with Crippen molar-refractivity contribution in [1.29, 1.82) is 0 Å². The molecule has 0 aliphatic carbocycles. The van der Waals surface area contributed by atoms with E-state index in [1.165, 1.54) is 24.8 Å². The lowest BCUT2D eigenvalue weighted by molar-refractivity contribution is 0.567. The maximum atomic E-state index is 4.64. The number of piperidine rings is 1. The van der Waals surface area contributed by atoms with Gasteiger partial charge in [0.1, 0.15) is 0 Å². The van der Waals surface area contributed by atoms with Gasteiger partial charge in [-0.2, -0.15) is 10.1 Å². The van der Waals surface area contributed by atoms with Gasteiger partial charge in [-0.1, -0.05) is 44.2 Å². The van der Waals surface area contributed by atoms with Gasteiger partial charge in [0.25, 0.3) is 0 Å². The average Bonchev–Trinajstić information content (AvgIpc) is 2.73. The summed E-state index contributed by atoms with van der Waals surface area (Å²) < 4.78 is 0. The van der Waals surface area contributed by atoms with Gasteiger partial charge in [-0.15, -0.1) is 0 Å². The highest BCUT2D eigenvalue weighted by Gasteiger charge is 2.15. The van der Waals surface area contributed by atoms with Crippen LogP contribution in [0, 0.1) is 6.92 Å². The summed E-state index contributed by atoms with van der Waals surface area (Å²) >= 11 is 0. The zero-order valence-corrected chi connectivity index (χ0v) is 17.2. The van der Waals surface area contributed by atoms with Gasteiger partial charge in [0.15, 0.2) is 5.82 Å². The second-order valence-corrected chi connectivity index (χ2v) is 6.78. The first-order valence-electron chi connectivity index (χ1n) is 10.0. The van der Waals surface area contributed by atoms with Crippen LogP contribution in [0.3, 0.4) is 0 Å². The highest BCUT2D eigenvalue weighted by molar-refractivity contribution is 5.59. The molecule has 0 saturated carbocycles. The molecule has 2 aromatic rings. The van der Waals surface area contributed by atoms with E-state index in [9.17, 15) is 0 Å². The summed E-state index contributed by atoms with van der Waals surface area (Å²) in [6.07, 6.45) is 7.73. The van der Waals surface area contributed by atoms with E-state index in [1.54, 1.807) is 0 Å². The van der Waals surface area contributed by atoms with Crippen molar-refractivity contribution in [3.05, 3.63) is 47.7 Å². The Morgan fingerprint density at radius 3 is 2.37 bits per heavy atom. The Bertz CT molecular complexity index is 693. The molecule has 1 aliphatic heterocycles. The molecule has 1 aromatic heterocycles. The number of hydrogen-bond donors (Lipinski definition) is 0. The van der Waals surface area contributed by atoms with E-state index in [-0.39, 0.29) is 0 Å². The molecule has 0 unspecified atom stereocenters. The lowest BCUT2D eigenvalue weighted by atomic mass is 10.1. The third-order valence-corrected chi connectivity index (χ3v) is 4.49. The molecule has 1 aromatic carbocycles. The molecule has 1 fully saturated rings. The molecule has 5 nitrogen and oxygen atoms in total. The Hall–Kier alpha value is -2.43. The molecule has 0 atom stereocenters. The number of anilines is 2. The molecule has 0 radical (unpaired) electrons. The van der Waals surface area contributed by atoms with E-state index < -0.39 is 0 Å². The van der Waals surface area contributed by atoms with Gasteiger partial charge in [0.2, 0.25) is 5.95 Å². The first-order valence-corrected chi connectivity index (χ1v) is 10.0. The Morgan fingerprint density at radius 1 is 1.07 bits per heavy atom. The summed E-state index contributed by atoms with van der Waals surface area (Å²) in [7, 11) is 1.92. The smallest absolute Gasteiger partial charge is 0.227 e. The minimum Gasteiger partial charge on any atom is -0.341 e. The fourth-order valence-corrected chi connectivity index (χ4v) is 2.91. The molecule has 2 heterocycles. The number of hydrazone groups is 1. The summed E-state index contributed by atoms with van der Waals surface area (Å²) in [5, 5.41) is 6.15. The summed E-state index contributed by atoms with van der Waals surface area (Å²) in [6.45, 7) is 8.36. The van der Waals surface area contributed by atoms with E-state index in [2.05, 4.69) is 58.1 Å². The largest absolute Gasteiger partial charge is 0.341 e. The van der Waals surface area contributed by atoms with Crippen molar-refractivity contribution in [2.24, 2.45) is 5.10 Å². The highest BCUT2D eigenvalue weighted by atomic mass is 15.5. The number of hydrogen-bond acceptors (Lipinski definition) is 5. The first kappa shape index (κ1) is 20.9. The van der Waals surface area contributed by atoms with E-state index >= 15 is 0 Å². The second-order valence-electron chi connectivity index (χ2n) is 6.78. The summed E-state index contributed by atoms with van der Waals surface area (Å²) in [5.41, 5.74) is 2.40. The SMILES string of the molecule is CC/C=N\N(C)c1cc(C)nc(N2CCCCC2)n1.CCc1ccccc1. The molecule has 146 valence electrons. The number of aromatic nitrogens is 2. The van der Waals surface area contributed by atoms with Crippen molar-refractivity contribution >= 4 is 18.0 Å². The zero-order valence-electron chi connectivity index (χ0n) is 17.2. The van der Waals surface area contributed by atoms with Gasteiger partial charge >= 0.3 is 0 Å². The van der Waals surface area contributed by atoms with Crippen molar-refractivity contribution in [2.45, 2.75) is 52.9 Å². The predicted molar refractivity (Wildman–Crippen MR) is 116 cm³/mol. The van der Waals surface area contributed by atoms with Crippen LogP contribution in [-0.4, -0.2) is 36.3 Å². The minimum atomic E-state index is 0.841. The van der Waals surface area contributed by atoms with Crippen LogP contribution in [0.15, 0.2) is 41.5 Å². The van der Waals surface area contributed by atoms with Gasteiger partial charge in [0, 0.05) is 38.1 Å². The van der Waals surface area contributed by atoms with Crippen LogP contribution in [-0.2, 0) is 6.42 Å². The van der Waals surface area contributed by atoms with Gasteiger partial charge in [-0.25, -0.2) is 4.98 Å². The molecule has 0 amide bonds. The van der Waals surface area contributed by atoms with Gasteiger partial charge < -0.3 is 4.90 Å². The third-order valence-electron chi connectivity index (χ3n) is 4.49. The zero-order chi connectivity index (χ0) is 19.5.